The Balaban J connectivity index is 1.95. The van der Waals surface area contributed by atoms with Gasteiger partial charge in [-0.15, -0.1) is 0 Å². The summed E-state index contributed by atoms with van der Waals surface area (Å²) in [6, 6.07) is 5.74. The van der Waals surface area contributed by atoms with E-state index in [1.165, 1.54) is 23.0 Å². The normalized spacial score (nSPS) is 22.2. The van der Waals surface area contributed by atoms with E-state index in [2.05, 4.69) is 10.4 Å². The standard InChI is InChI=1S/C13H11ClF3N3/c14-13(16,17)11-7-10(8-1-3-9(15)4-2-8)19-12-5-6-18-20(11)12/h1-6,10-11,19H,7H2. The lowest BCUT2D eigenvalue weighted by Gasteiger charge is -2.34. The third kappa shape index (κ3) is 2.35. The Morgan fingerprint density at radius 1 is 1.25 bits per heavy atom. The summed E-state index contributed by atoms with van der Waals surface area (Å²) < 4.78 is 41.2. The lowest BCUT2D eigenvalue weighted by molar-refractivity contribution is 0.0206. The molecule has 0 saturated carbocycles. The number of alkyl halides is 3. The van der Waals surface area contributed by atoms with Gasteiger partial charge in [-0.3, -0.25) is 0 Å². The molecule has 3 rings (SSSR count). The number of rotatable bonds is 2. The summed E-state index contributed by atoms with van der Waals surface area (Å²) in [5.74, 6) is 0.102. The molecular formula is C13H11ClF3N3. The fourth-order valence-electron chi connectivity index (χ4n) is 2.42. The maximum atomic E-state index is 13.5. The van der Waals surface area contributed by atoms with Crippen LogP contribution in [0, 0.1) is 5.82 Å². The van der Waals surface area contributed by atoms with Gasteiger partial charge in [-0.25, -0.2) is 9.07 Å². The molecular weight excluding hydrogens is 291 g/mol. The van der Waals surface area contributed by atoms with Gasteiger partial charge in [0.1, 0.15) is 17.7 Å². The second-order valence-corrected chi connectivity index (χ2v) is 5.21. The van der Waals surface area contributed by atoms with Crippen LogP contribution in [0.15, 0.2) is 36.5 Å². The Bertz CT molecular complexity index is 606. The third-order valence-electron chi connectivity index (χ3n) is 3.40. The smallest absolute Gasteiger partial charge is 0.343 e. The van der Waals surface area contributed by atoms with Gasteiger partial charge in [-0.2, -0.15) is 13.9 Å². The molecule has 20 heavy (non-hydrogen) atoms. The molecule has 2 heterocycles. The van der Waals surface area contributed by atoms with Crippen LogP contribution in [0.5, 0.6) is 0 Å². The zero-order valence-electron chi connectivity index (χ0n) is 10.2. The molecule has 2 atom stereocenters. The molecule has 0 radical (unpaired) electrons. The van der Waals surface area contributed by atoms with E-state index in [1.54, 1.807) is 18.2 Å². The first-order chi connectivity index (χ1) is 9.45. The van der Waals surface area contributed by atoms with Crippen molar-refractivity contribution in [3.63, 3.8) is 0 Å². The summed E-state index contributed by atoms with van der Waals surface area (Å²) >= 11 is 5.19. The second kappa shape index (κ2) is 4.70. The van der Waals surface area contributed by atoms with Crippen LogP contribution in [0.3, 0.4) is 0 Å². The number of nitrogens with one attached hydrogen (secondary N) is 1. The molecule has 0 spiro atoms. The maximum Gasteiger partial charge on any atom is 0.343 e. The molecule has 1 aliphatic heterocycles. The van der Waals surface area contributed by atoms with Gasteiger partial charge in [0, 0.05) is 12.5 Å². The van der Waals surface area contributed by atoms with E-state index in [0.717, 1.165) is 5.56 Å². The molecule has 1 aromatic heterocycles. The lowest BCUT2D eigenvalue weighted by Crippen LogP contribution is -2.35. The molecule has 7 heteroatoms. The van der Waals surface area contributed by atoms with E-state index < -0.39 is 11.4 Å². The van der Waals surface area contributed by atoms with Crippen LogP contribution < -0.4 is 5.32 Å². The number of aromatic nitrogens is 2. The van der Waals surface area contributed by atoms with Gasteiger partial charge in [-0.1, -0.05) is 12.1 Å². The molecule has 3 nitrogen and oxygen atoms in total. The fourth-order valence-corrected chi connectivity index (χ4v) is 2.61. The van der Waals surface area contributed by atoms with Crippen molar-refractivity contribution in [2.24, 2.45) is 0 Å². The SMILES string of the molecule is Fc1ccc(C2CC(C(F)(F)Cl)n3nccc3N2)cc1. The molecule has 1 aliphatic rings. The molecule has 106 valence electrons. The number of halogens is 4. The number of benzene rings is 1. The first kappa shape index (κ1) is 13.3. The maximum absolute atomic E-state index is 13.5. The van der Waals surface area contributed by atoms with E-state index in [0.29, 0.717) is 5.82 Å². The largest absolute Gasteiger partial charge is 0.363 e. The Morgan fingerprint density at radius 2 is 1.95 bits per heavy atom. The van der Waals surface area contributed by atoms with E-state index >= 15 is 0 Å². The number of anilines is 1. The minimum Gasteiger partial charge on any atom is -0.363 e. The molecule has 2 unspecified atom stereocenters. The van der Waals surface area contributed by atoms with Crippen LogP contribution in [0.4, 0.5) is 19.0 Å². The summed E-state index contributed by atoms with van der Waals surface area (Å²) in [5.41, 5.74) is 0.727. The van der Waals surface area contributed by atoms with Gasteiger partial charge < -0.3 is 5.32 Å². The summed E-state index contributed by atoms with van der Waals surface area (Å²) in [6.45, 7) is 0. The summed E-state index contributed by atoms with van der Waals surface area (Å²) in [7, 11) is 0. The Labute approximate surface area is 118 Å². The van der Waals surface area contributed by atoms with Crippen molar-refractivity contribution in [2.75, 3.05) is 5.32 Å². The van der Waals surface area contributed by atoms with Crippen LogP contribution in [0.1, 0.15) is 24.1 Å². The summed E-state index contributed by atoms with van der Waals surface area (Å²) in [4.78, 5) is 0. The molecule has 0 bridgehead atoms. The van der Waals surface area contributed by atoms with Crippen molar-refractivity contribution < 1.29 is 13.2 Å². The van der Waals surface area contributed by atoms with Crippen molar-refractivity contribution in [2.45, 2.75) is 23.9 Å². The summed E-state index contributed by atoms with van der Waals surface area (Å²) in [5, 5.41) is 3.58. The van der Waals surface area contributed by atoms with E-state index in [-0.39, 0.29) is 18.3 Å². The van der Waals surface area contributed by atoms with Gasteiger partial charge >= 0.3 is 5.38 Å². The highest BCUT2D eigenvalue weighted by Crippen LogP contribution is 2.44. The fraction of sp³-hybridized carbons (Fsp3) is 0.308. The van der Waals surface area contributed by atoms with Crippen molar-refractivity contribution in [3.05, 3.63) is 47.9 Å². The quantitative estimate of drug-likeness (QED) is 0.851. The van der Waals surface area contributed by atoms with Gasteiger partial charge in [0.25, 0.3) is 0 Å². The van der Waals surface area contributed by atoms with Crippen LogP contribution >= 0.6 is 11.6 Å². The van der Waals surface area contributed by atoms with E-state index in [4.69, 9.17) is 11.6 Å². The number of fused-ring (bicyclic) bond motifs is 1. The monoisotopic (exact) mass is 301 g/mol. The molecule has 1 N–H and O–H groups in total. The lowest BCUT2D eigenvalue weighted by atomic mass is 9.97. The van der Waals surface area contributed by atoms with Crippen LogP contribution in [0.2, 0.25) is 0 Å². The van der Waals surface area contributed by atoms with Crippen molar-refractivity contribution in [1.82, 2.24) is 9.78 Å². The average molecular weight is 302 g/mol. The first-order valence-electron chi connectivity index (χ1n) is 6.07. The first-order valence-corrected chi connectivity index (χ1v) is 6.45. The Hall–Kier alpha value is -1.69. The predicted octanol–water partition coefficient (Wildman–Crippen LogP) is 3.95. The highest BCUT2D eigenvalue weighted by molar-refractivity contribution is 6.22. The highest BCUT2D eigenvalue weighted by atomic mass is 35.5. The van der Waals surface area contributed by atoms with E-state index in [9.17, 15) is 13.2 Å². The van der Waals surface area contributed by atoms with Crippen molar-refractivity contribution in [1.29, 1.82) is 0 Å². The van der Waals surface area contributed by atoms with Crippen molar-refractivity contribution >= 4 is 17.4 Å². The molecule has 1 aromatic carbocycles. The topological polar surface area (TPSA) is 29.9 Å². The van der Waals surface area contributed by atoms with E-state index in [1.807, 2.05) is 0 Å². The van der Waals surface area contributed by atoms with Gasteiger partial charge in [-0.05, 0) is 29.3 Å². The molecule has 2 aromatic rings. The molecule has 0 saturated heterocycles. The molecule has 0 aliphatic carbocycles. The minimum absolute atomic E-state index is 0.0663. The van der Waals surface area contributed by atoms with Crippen molar-refractivity contribution in [3.8, 4) is 0 Å². The van der Waals surface area contributed by atoms with Crippen LogP contribution in [0.25, 0.3) is 0 Å². The van der Waals surface area contributed by atoms with Gasteiger partial charge in [0.2, 0.25) is 0 Å². The minimum atomic E-state index is -3.40. The van der Waals surface area contributed by atoms with Crippen LogP contribution in [-0.2, 0) is 0 Å². The second-order valence-electron chi connectivity index (χ2n) is 4.70. The number of nitrogens with zero attached hydrogens (tertiary/aromatic N) is 2. The molecule has 0 amide bonds. The average Bonchev–Trinajstić information content (AvgIpc) is 2.85. The summed E-state index contributed by atoms with van der Waals surface area (Å²) in [6.07, 6.45) is 1.50. The zero-order chi connectivity index (χ0) is 14.3. The Kier molecular flexibility index (Phi) is 3.12. The Morgan fingerprint density at radius 3 is 2.60 bits per heavy atom. The predicted molar refractivity (Wildman–Crippen MR) is 69.4 cm³/mol. The third-order valence-corrected chi connectivity index (χ3v) is 3.65. The van der Waals surface area contributed by atoms with Gasteiger partial charge in [0.05, 0.1) is 12.2 Å². The number of hydrogen-bond acceptors (Lipinski definition) is 2. The highest BCUT2D eigenvalue weighted by Gasteiger charge is 2.44. The van der Waals surface area contributed by atoms with Gasteiger partial charge in [0.15, 0.2) is 0 Å². The number of hydrogen-bond donors (Lipinski definition) is 1. The van der Waals surface area contributed by atoms with Crippen LogP contribution in [-0.4, -0.2) is 15.2 Å². The molecule has 0 fully saturated rings. The zero-order valence-corrected chi connectivity index (χ0v) is 11.0.